The quantitative estimate of drug-likeness (QED) is 0.894. The number of aliphatic hydroxyl groups is 1. The maximum Gasteiger partial charge on any atom is 0.218 e. The molecule has 1 aromatic rings. The highest BCUT2D eigenvalue weighted by Crippen LogP contribution is 2.24. The summed E-state index contributed by atoms with van der Waals surface area (Å²) >= 11 is 1.80. The molecule has 1 unspecified atom stereocenters. The average Bonchev–Trinajstić information content (AvgIpc) is 2.91. The Morgan fingerprint density at radius 3 is 2.79 bits per heavy atom. The van der Waals surface area contributed by atoms with Gasteiger partial charge in [-0.15, -0.1) is 0 Å². The molecule has 1 N–H and O–H groups in total. The Labute approximate surface area is 118 Å². The van der Waals surface area contributed by atoms with Crippen LogP contribution < -0.4 is 0 Å². The number of aliphatic hydroxyl groups excluding tert-OH is 1. The highest BCUT2D eigenvalue weighted by Gasteiger charge is 2.29. The second-order valence-electron chi connectivity index (χ2n) is 4.77. The monoisotopic (exact) mass is 301 g/mol. The van der Waals surface area contributed by atoms with Gasteiger partial charge in [0.2, 0.25) is 10.0 Å². The first-order chi connectivity index (χ1) is 9.03. The summed E-state index contributed by atoms with van der Waals surface area (Å²) in [4.78, 5) is 0. The molecular formula is C13H19NO3S2. The van der Waals surface area contributed by atoms with Gasteiger partial charge in [0.05, 0.1) is 12.4 Å². The van der Waals surface area contributed by atoms with Crippen LogP contribution in [-0.4, -0.2) is 42.4 Å². The normalized spacial score (nSPS) is 20.1. The van der Waals surface area contributed by atoms with Crippen molar-refractivity contribution in [2.45, 2.75) is 24.8 Å². The van der Waals surface area contributed by atoms with Gasteiger partial charge >= 0.3 is 0 Å². The molecule has 106 valence electrons. The lowest BCUT2D eigenvalue weighted by molar-refractivity contribution is 0.281. The van der Waals surface area contributed by atoms with Gasteiger partial charge in [-0.1, -0.05) is 24.3 Å². The van der Waals surface area contributed by atoms with E-state index >= 15 is 0 Å². The van der Waals surface area contributed by atoms with Crippen molar-refractivity contribution in [3.05, 3.63) is 35.4 Å². The molecule has 1 aromatic carbocycles. The van der Waals surface area contributed by atoms with E-state index in [1.807, 2.05) is 0 Å². The SMILES string of the molecule is CN(C1CCSC1)S(=O)(=O)Cc1cccc(CO)c1. The van der Waals surface area contributed by atoms with E-state index in [1.54, 1.807) is 43.1 Å². The van der Waals surface area contributed by atoms with Gasteiger partial charge in [-0.2, -0.15) is 11.8 Å². The fourth-order valence-electron chi connectivity index (χ4n) is 2.17. The lowest BCUT2D eigenvalue weighted by atomic mass is 10.1. The van der Waals surface area contributed by atoms with Crippen LogP contribution in [0.1, 0.15) is 17.5 Å². The minimum absolute atomic E-state index is 0.00148. The van der Waals surface area contributed by atoms with E-state index in [9.17, 15) is 8.42 Å². The van der Waals surface area contributed by atoms with Gasteiger partial charge in [0.15, 0.2) is 0 Å². The first-order valence-corrected chi connectivity index (χ1v) is 9.01. The summed E-state index contributed by atoms with van der Waals surface area (Å²) in [5.74, 6) is 1.91. The van der Waals surface area contributed by atoms with Crippen molar-refractivity contribution < 1.29 is 13.5 Å². The molecule has 1 saturated heterocycles. The largest absolute Gasteiger partial charge is 0.392 e. The third-order valence-electron chi connectivity index (χ3n) is 3.38. The molecule has 1 heterocycles. The fraction of sp³-hybridized carbons (Fsp3) is 0.538. The smallest absolute Gasteiger partial charge is 0.218 e. The summed E-state index contributed by atoms with van der Waals surface area (Å²) in [6, 6.07) is 7.22. The number of thioether (sulfide) groups is 1. The molecule has 1 aliphatic heterocycles. The van der Waals surface area contributed by atoms with E-state index < -0.39 is 10.0 Å². The number of benzene rings is 1. The molecule has 1 atom stereocenters. The van der Waals surface area contributed by atoms with Crippen LogP contribution in [0.15, 0.2) is 24.3 Å². The van der Waals surface area contributed by atoms with E-state index in [-0.39, 0.29) is 18.4 Å². The van der Waals surface area contributed by atoms with Crippen molar-refractivity contribution in [2.24, 2.45) is 0 Å². The summed E-state index contributed by atoms with van der Waals surface area (Å²) in [6.45, 7) is -0.0665. The second-order valence-corrected chi connectivity index (χ2v) is 7.95. The molecule has 0 radical (unpaired) electrons. The highest BCUT2D eigenvalue weighted by atomic mass is 32.2. The van der Waals surface area contributed by atoms with Crippen LogP contribution >= 0.6 is 11.8 Å². The minimum Gasteiger partial charge on any atom is -0.392 e. The number of hydrogen-bond acceptors (Lipinski definition) is 4. The molecule has 0 bridgehead atoms. The summed E-state index contributed by atoms with van der Waals surface area (Å²) in [6.07, 6.45) is 0.928. The minimum atomic E-state index is -3.28. The van der Waals surface area contributed by atoms with Gasteiger partial charge in [0.25, 0.3) is 0 Å². The Bertz CT molecular complexity index is 524. The zero-order valence-corrected chi connectivity index (χ0v) is 12.6. The Balaban J connectivity index is 2.11. The van der Waals surface area contributed by atoms with Crippen LogP contribution in [0.3, 0.4) is 0 Å². The maximum atomic E-state index is 12.3. The van der Waals surface area contributed by atoms with Gasteiger partial charge in [-0.3, -0.25) is 0 Å². The lowest BCUT2D eigenvalue weighted by Crippen LogP contribution is -2.37. The van der Waals surface area contributed by atoms with Crippen LogP contribution in [-0.2, 0) is 22.4 Å². The number of sulfonamides is 1. The molecule has 19 heavy (non-hydrogen) atoms. The zero-order valence-electron chi connectivity index (χ0n) is 10.9. The van der Waals surface area contributed by atoms with Crippen molar-refractivity contribution in [1.82, 2.24) is 4.31 Å². The predicted molar refractivity (Wildman–Crippen MR) is 78.5 cm³/mol. The predicted octanol–water partition coefficient (Wildman–Crippen LogP) is 1.45. The van der Waals surface area contributed by atoms with Gasteiger partial charge in [-0.05, 0) is 23.3 Å². The zero-order chi connectivity index (χ0) is 13.9. The van der Waals surface area contributed by atoms with Gasteiger partial charge < -0.3 is 5.11 Å². The fourth-order valence-corrected chi connectivity index (χ4v) is 4.97. The molecule has 0 aliphatic carbocycles. The number of nitrogens with zero attached hydrogens (tertiary/aromatic N) is 1. The lowest BCUT2D eigenvalue weighted by Gasteiger charge is -2.23. The highest BCUT2D eigenvalue weighted by molar-refractivity contribution is 7.99. The first kappa shape index (κ1) is 14.8. The van der Waals surface area contributed by atoms with Crippen molar-refractivity contribution in [3.8, 4) is 0 Å². The molecule has 1 fully saturated rings. The summed E-state index contributed by atoms with van der Waals surface area (Å²) in [5, 5.41) is 9.08. The van der Waals surface area contributed by atoms with Crippen LogP contribution in [0.5, 0.6) is 0 Å². The van der Waals surface area contributed by atoms with Crippen molar-refractivity contribution in [3.63, 3.8) is 0 Å². The molecule has 0 amide bonds. The maximum absolute atomic E-state index is 12.3. The van der Waals surface area contributed by atoms with Crippen LogP contribution in [0, 0.1) is 0 Å². The second kappa shape index (κ2) is 6.26. The molecule has 0 saturated carbocycles. The van der Waals surface area contributed by atoms with Crippen LogP contribution in [0.4, 0.5) is 0 Å². The van der Waals surface area contributed by atoms with E-state index in [0.29, 0.717) is 0 Å². The van der Waals surface area contributed by atoms with E-state index in [1.165, 1.54) is 4.31 Å². The Morgan fingerprint density at radius 1 is 1.42 bits per heavy atom. The van der Waals surface area contributed by atoms with Crippen LogP contribution in [0.25, 0.3) is 0 Å². The Hall–Kier alpha value is -0.560. The Kier molecular flexibility index (Phi) is 4.89. The molecule has 0 spiro atoms. The molecule has 6 heteroatoms. The number of hydrogen-bond donors (Lipinski definition) is 1. The third kappa shape index (κ3) is 3.72. The Morgan fingerprint density at radius 2 is 2.16 bits per heavy atom. The van der Waals surface area contributed by atoms with Gasteiger partial charge in [0.1, 0.15) is 0 Å². The standard InChI is InChI=1S/C13H19NO3S2/c1-14(13-5-6-18-9-13)19(16,17)10-12-4-2-3-11(7-12)8-15/h2-4,7,13,15H,5-6,8-10H2,1H3. The van der Waals surface area contributed by atoms with Crippen molar-refractivity contribution >= 4 is 21.8 Å². The van der Waals surface area contributed by atoms with E-state index in [0.717, 1.165) is 29.1 Å². The summed E-state index contributed by atoms with van der Waals surface area (Å²) < 4.78 is 26.2. The van der Waals surface area contributed by atoms with Gasteiger partial charge in [0, 0.05) is 18.8 Å². The van der Waals surface area contributed by atoms with E-state index in [2.05, 4.69) is 0 Å². The molecule has 1 aliphatic rings. The molecular weight excluding hydrogens is 282 g/mol. The molecule has 0 aromatic heterocycles. The summed E-state index contributed by atoms with van der Waals surface area (Å²) in [7, 11) is -1.61. The third-order valence-corrected chi connectivity index (χ3v) is 6.40. The van der Waals surface area contributed by atoms with Gasteiger partial charge in [-0.25, -0.2) is 12.7 Å². The number of rotatable bonds is 5. The first-order valence-electron chi connectivity index (χ1n) is 6.25. The molecule has 2 rings (SSSR count). The average molecular weight is 301 g/mol. The van der Waals surface area contributed by atoms with Crippen LogP contribution in [0.2, 0.25) is 0 Å². The van der Waals surface area contributed by atoms with E-state index in [4.69, 9.17) is 5.11 Å². The van der Waals surface area contributed by atoms with Crippen molar-refractivity contribution in [2.75, 3.05) is 18.6 Å². The molecule has 4 nitrogen and oxygen atoms in total. The topological polar surface area (TPSA) is 57.6 Å². The van der Waals surface area contributed by atoms with Crippen molar-refractivity contribution in [1.29, 1.82) is 0 Å². The summed E-state index contributed by atoms with van der Waals surface area (Å²) in [5.41, 5.74) is 1.47.